The Hall–Kier alpha value is -2.76. The lowest BCUT2D eigenvalue weighted by molar-refractivity contribution is -0.137. The van der Waals surface area contributed by atoms with Gasteiger partial charge in [0.2, 0.25) is 5.91 Å². The second-order valence-electron chi connectivity index (χ2n) is 6.21. The minimum absolute atomic E-state index is 0.121. The molecule has 0 saturated carbocycles. The van der Waals surface area contributed by atoms with Gasteiger partial charge < -0.3 is 10.2 Å². The zero-order chi connectivity index (χ0) is 18.9. The Labute approximate surface area is 150 Å². The molecule has 26 heavy (non-hydrogen) atoms. The monoisotopic (exact) mass is 360 g/mol. The van der Waals surface area contributed by atoms with Crippen LogP contribution in [0.5, 0.6) is 0 Å². The first-order valence-corrected chi connectivity index (χ1v) is 8.26. The lowest BCUT2D eigenvalue weighted by Crippen LogP contribution is -2.34. The average molecular weight is 360 g/mol. The van der Waals surface area contributed by atoms with Crippen LogP contribution < -0.4 is 5.32 Å². The van der Waals surface area contributed by atoms with Crippen LogP contribution in [0.15, 0.2) is 49.1 Å². The summed E-state index contributed by atoms with van der Waals surface area (Å²) in [6, 6.07) is 9.08. The van der Waals surface area contributed by atoms with E-state index in [1.807, 2.05) is 12.1 Å². The molecule has 1 aliphatic rings. The van der Waals surface area contributed by atoms with Crippen LogP contribution in [0.2, 0.25) is 0 Å². The molecule has 1 heterocycles. The number of alkyl halides is 3. The maximum Gasteiger partial charge on any atom is 0.416 e. The van der Waals surface area contributed by atoms with Crippen molar-refractivity contribution in [2.45, 2.75) is 19.1 Å². The van der Waals surface area contributed by atoms with Gasteiger partial charge >= 0.3 is 6.18 Å². The third kappa shape index (κ3) is 3.45. The molecule has 1 aliphatic heterocycles. The van der Waals surface area contributed by atoms with Gasteiger partial charge in [0.05, 0.1) is 5.56 Å². The number of amides is 1. The highest BCUT2D eigenvalue weighted by molar-refractivity contribution is 5.87. The molecule has 1 N–H and O–H groups in total. The topological polar surface area (TPSA) is 32.3 Å². The number of halogens is 3. The SMILES string of the molecule is C=CC(=O)N1CCc2cc(NC)c(-c3ccc(C(F)(F)F)cc3)cc2C1. The van der Waals surface area contributed by atoms with Crippen LogP contribution in [-0.4, -0.2) is 24.4 Å². The molecule has 2 aromatic rings. The lowest BCUT2D eigenvalue weighted by Gasteiger charge is -2.29. The number of fused-ring (bicyclic) bond motifs is 1. The molecule has 0 spiro atoms. The van der Waals surface area contributed by atoms with Gasteiger partial charge in [-0.25, -0.2) is 0 Å². The molecular weight excluding hydrogens is 341 g/mol. The van der Waals surface area contributed by atoms with E-state index in [9.17, 15) is 18.0 Å². The second kappa shape index (κ2) is 6.86. The van der Waals surface area contributed by atoms with Gasteiger partial charge in [0.15, 0.2) is 0 Å². The van der Waals surface area contributed by atoms with Crippen LogP contribution in [0.1, 0.15) is 16.7 Å². The number of rotatable bonds is 3. The smallest absolute Gasteiger partial charge is 0.388 e. The summed E-state index contributed by atoms with van der Waals surface area (Å²) in [4.78, 5) is 13.6. The number of hydrogen-bond donors (Lipinski definition) is 1. The fourth-order valence-corrected chi connectivity index (χ4v) is 3.21. The van der Waals surface area contributed by atoms with Gasteiger partial charge in [-0.05, 0) is 53.5 Å². The molecule has 6 heteroatoms. The first kappa shape index (κ1) is 18.0. The lowest BCUT2D eigenvalue weighted by atomic mass is 9.92. The third-order valence-electron chi connectivity index (χ3n) is 4.63. The second-order valence-corrected chi connectivity index (χ2v) is 6.21. The molecule has 136 valence electrons. The molecule has 0 fully saturated rings. The van der Waals surface area contributed by atoms with E-state index in [0.29, 0.717) is 18.7 Å². The highest BCUT2D eigenvalue weighted by atomic mass is 19.4. The predicted octanol–water partition coefficient (Wildman–Crippen LogP) is 4.48. The van der Waals surface area contributed by atoms with Gasteiger partial charge in [0, 0.05) is 31.4 Å². The predicted molar refractivity (Wildman–Crippen MR) is 95.7 cm³/mol. The molecule has 0 saturated heterocycles. The van der Waals surface area contributed by atoms with Crippen LogP contribution in [0.25, 0.3) is 11.1 Å². The Bertz CT molecular complexity index is 841. The molecule has 0 aromatic heterocycles. The number of carbonyl (C=O) groups excluding carboxylic acids is 1. The standard InChI is InChI=1S/C20H19F3N2O/c1-3-19(26)25-9-8-14-11-18(24-2)17(10-15(14)12-25)13-4-6-16(7-5-13)20(21,22)23/h3-7,10-11,24H,1,8-9,12H2,2H3. The molecule has 0 radical (unpaired) electrons. The summed E-state index contributed by atoms with van der Waals surface area (Å²) in [5.41, 5.74) is 3.82. The molecule has 0 bridgehead atoms. The van der Waals surface area contributed by atoms with E-state index in [1.165, 1.54) is 18.2 Å². The van der Waals surface area contributed by atoms with Gasteiger partial charge in [-0.2, -0.15) is 13.2 Å². The Balaban J connectivity index is 2.00. The van der Waals surface area contributed by atoms with Gasteiger partial charge in [0.25, 0.3) is 0 Å². The average Bonchev–Trinajstić information content (AvgIpc) is 2.65. The third-order valence-corrected chi connectivity index (χ3v) is 4.63. The van der Waals surface area contributed by atoms with Crippen LogP contribution >= 0.6 is 0 Å². The first-order chi connectivity index (χ1) is 12.3. The van der Waals surface area contributed by atoms with Crippen molar-refractivity contribution in [2.75, 3.05) is 18.9 Å². The van der Waals surface area contributed by atoms with Crippen molar-refractivity contribution < 1.29 is 18.0 Å². The first-order valence-electron chi connectivity index (χ1n) is 8.26. The molecule has 2 aromatic carbocycles. The minimum Gasteiger partial charge on any atom is -0.388 e. The van der Waals surface area contributed by atoms with Gasteiger partial charge in [-0.1, -0.05) is 18.7 Å². The maximum absolute atomic E-state index is 12.8. The van der Waals surface area contributed by atoms with Crippen molar-refractivity contribution >= 4 is 11.6 Å². The molecule has 1 amide bonds. The largest absolute Gasteiger partial charge is 0.416 e. The van der Waals surface area contributed by atoms with E-state index in [0.717, 1.165) is 40.9 Å². The zero-order valence-corrected chi connectivity index (χ0v) is 14.4. The van der Waals surface area contributed by atoms with E-state index in [2.05, 4.69) is 11.9 Å². The van der Waals surface area contributed by atoms with E-state index in [-0.39, 0.29) is 5.91 Å². The van der Waals surface area contributed by atoms with E-state index in [4.69, 9.17) is 0 Å². The molecular formula is C20H19F3N2O. The van der Waals surface area contributed by atoms with Crippen LogP contribution in [-0.2, 0) is 23.9 Å². The van der Waals surface area contributed by atoms with Crippen molar-refractivity contribution in [1.29, 1.82) is 0 Å². The molecule has 0 atom stereocenters. The van der Waals surface area contributed by atoms with E-state index in [1.54, 1.807) is 11.9 Å². The van der Waals surface area contributed by atoms with Crippen molar-refractivity contribution in [3.63, 3.8) is 0 Å². The molecule has 0 unspecified atom stereocenters. The van der Waals surface area contributed by atoms with E-state index < -0.39 is 11.7 Å². The van der Waals surface area contributed by atoms with Gasteiger partial charge in [0.1, 0.15) is 0 Å². The normalized spacial score (nSPS) is 13.9. The fraction of sp³-hybridized carbons (Fsp3) is 0.250. The fourth-order valence-electron chi connectivity index (χ4n) is 3.21. The number of anilines is 1. The summed E-state index contributed by atoms with van der Waals surface area (Å²) >= 11 is 0. The highest BCUT2D eigenvalue weighted by Gasteiger charge is 2.30. The van der Waals surface area contributed by atoms with Crippen LogP contribution in [0.4, 0.5) is 18.9 Å². The van der Waals surface area contributed by atoms with Crippen molar-refractivity contribution in [3.05, 3.63) is 65.7 Å². The summed E-state index contributed by atoms with van der Waals surface area (Å²) in [5.74, 6) is -0.121. The number of hydrogen-bond acceptors (Lipinski definition) is 2. The Morgan fingerprint density at radius 1 is 1.19 bits per heavy atom. The molecule has 3 nitrogen and oxygen atoms in total. The quantitative estimate of drug-likeness (QED) is 0.819. The summed E-state index contributed by atoms with van der Waals surface area (Å²) in [6.45, 7) is 4.61. The number of benzene rings is 2. The summed E-state index contributed by atoms with van der Waals surface area (Å²) < 4.78 is 38.4. The summed E-state index contributed by atoms with van der Waals surface area (Å²) in [5, 5.41) is 3.12. The Morgan fingerprint density at radius 2 is 1.88 bits per heavy atom. The van der Waals surface area contributed by atoms with Gasteiger partial charge in [-0.15, -0.1) is 0 Å². The zero-order valence-electron chi connectivity index (χ0n) is 14.4. The Morgan fingerprint density at radius 3 is 2.46 bits per heavy atom. The minimum atomic E-state index is -4.36. The summed E-state index contributed by atoms with van der Waals surface area (Å²) in [7, 11) is 1.78. The van der Waals surface area contributed by atoms with Crippen molar-refractivity contribution in [2.24, 2.45) is 0 Å². The van der Waals surface area contributed by atoms with E-state index >= 15 is 0 Å². The molecule has 0 aliphatic carbocycles. The molecule has 3 rings (SSSR count). The number of nitrogens with zero attached hydrogens (tertiary/aromatic N) is 1. The van der Waals surface area contributed by atoms with Gasteiger partial charge in [-0.3, -0.25) is 4.79 Å². The van der Waals surface area contributed by atoms with Crippen LogP contribution in [0.3, 0.4) is 0 Å². The van der Waals surface area contributed by atoms with Crippen molar-refractivity contribution in [1.82, 2.24) is 4.90 Å². The summed E-state index contributed by atoms with van der Waals surface area (Å²) in [6.07, 6.45) is -2.33. The highest BCUT2D eigenvalue weighted by Crippen LogP contribution is 2.35. The van der Waals surface area contributed by atoms with Crippen molar-refractivity contribution in [3.8, 4) is 11.1 Å². The number of carbonyl (C=O) groups is 1. The van der Waals surface area contributed by atoms with Crippen LogP contribution in [0, 0.1) is 0 Å². The number of nitrogens with one attached hydrogen (secondary N) is 1. The maximum atomic E-state index is 12.8. The Kier molecular flexibility index (Phi) is 4.76.